The lowest BCUT2D eigenvalue weighted by Crippen LogP contribution is -2.34. The van der Waals surface area contributed by atoms with Crippen LogP contribution in [0.2, 0.25) is 0 Å². The highest BCUT2D eigenvalue weighted by molar-refractivity contribution is 7.86. The fourth-order valence-corrected chi connectivity index (χ4v) is 12.7. The van der Waals surface area contributed by atoms with Crippen LogP contribution in [-0.4, -0.2) is 172 Å². The number of carbonyl (C=O) groups is 2. The van der Waals surface area contributed by atoms with Crippen molar-refractivity contribution in [3.63, 3.8) is 0 Å². The smallest absolute Gasteiger partial charge is 0.296 e. The number of Topliss-reactive ketones (excluding diaryl/α,β-unsaturated/α-hetero) is 2. The molecule has 47 heteroatoms. The summed E-state index contributed by atoms with van der Waals surface area (Å²) < 4.78 is 348. The third kappa shape index (κ3) is 44.1. The lowest BCUT2D eigenvalue weighted by Gasteiger charge is -2.23. The summed E-state index contributed by atoms with van der Waals surface area (Å²) in [5, 5.41) is 55.6. The number of carbonyl (C=O) groups excluding carboxylic acids is 2. The molecule has 0 aliphatic carbocycles. The van der Waals surface area contributed by atoms with E-state index in [1.54, 1.807) is 127 Å². The highest BCUT2D eigenvalue weighted by atomic mass is 35.5. The van der Waals surface area contributed by atoms with E-state index in [0.717, 1.165) is 78.4 Å². The Labute approximate surface area is 902 Å². The molecular weight excluding hydrogens is 2040 g/mol. The number of nitriles is 1. The average molecular weight is 2190 g/mol. The lowest BCUT2D eigenvalue weighted by atomic mass is 10.1. The van der Waals surface area contributed by atoms with Crippen molar-refractivity contribution < 1.29 is 148 Å². The monoisotopic (exact) mass is 2190 g/mol. The third-order valence-electron chi connectivity index (χ3n) is 19.0. The van der Waals surface area contributed by atoms with Gasteiger partial charge in [-0.1, -0.05) is 22.9 Å². The molecule has 0 aliphatic heterocycles. The number of phenols is 1. The number of amidine groups is 1. The number of aromatic nitrogens is 6. The highest BCUT2D eigenvalue weighted by Gasteiger charge is 2.26. The molecule has 0 amide bonds. The first-order chi connectivity index (χ1) is 76.7. The van der Waals surface area contributed by atoms with Gasteiger partial charge in [-0.3, -0.25) is 18.9 Å². The minimum Gasteiger partial charge on any atom is -0.507 e. The number of benzene rings is 8. The number of methoxy groups -OCH3 is 8. The van der Waals surface area contributed by atoms with Gasteiger partial charge in [0, 0.05) is 66.5 Å². The Bertz CT molecular complexity index is 7440. The molecule has 0 spiro atoms. The largest absolute Gasteiger partial charge is 0.507 e. The number of nitrogens with two attached hydrogens (primary N) is 4. The maximum Gasteiger partial charge on any atom is 0.296 e. The van der Waals surface area contributed by atoms with E-state index in [-0.39, 0.29) is 96.3 Å². The van der Waals surface area contributed by atoms with E-state index in [9.17, 15) is 61.4 Å². The van der Waals surface area contributed by atoms with E-state index in [1.165, 1.54) is 109 Å². The maximum absolute atomic E-state index is 13.7. The van der Waals surface area contributed by atoms with Gasteiger partial charge in [0.25, 0.3) is 10.1 Å². The van der Waals surface area contributed by atoms with E-state index < -0.39 is 178 Å². The first kappa shape index (κ1) is 99.5. The van der Waals surface area contributed by atoms with Gasteiger partial charge < -0.3 is 75.5 Å². The second-order valence-corrected chi connectivity index (χ2v) is 40.9. The Morgan fingerprint density at radius 1 is 0.507 bits per heavy atom. The number of oxime groups is 1. The highest BCUT2D eigenvalue weighted by Crippen LogP contribution is 2.34. The number of aryl methyl sites for hydroxylation is 1. The van der Waals surface area contributed by atoms with Gasteiger partial charge in [-0.25, -0.2) is 73.0 Å². The van der Waals surface area contributed by atoms with E-state index in [0.29, 0.717) is 56.3 Å². The van der Waals surface area contributed by atoms with Crippen LogP contribution in [0.3, 0.4) is 0 Å². The molecule has 7 atom stereocenters. The van der Waals surface area contributed by atoms with Gasteiger partial charge in [0.15, 0.2) is 34.5 Å². The molecule has 4 heterocycles. The topological polar surface area (TPSA) is 512 Å². The number of anilines is 2. The van der Waals surface area contributed by atoms with Gasteiger partial charge in [0.2, 0.25) is 0 Å². The molecule has 0 radical (unpaired) electrons. The molecule has 0 aliphatic rings. The summed E-state index contributed by atoms with van der Waals surface area (Å²) in [6, 6.07) is 33.0. The number of phenolic OH excluding ortho intramolecular Hbond substituents is 1. The number of nitrogens with zero attached hydrogens (tertiary/aromatic N) is 9. The molecule has 0 saturated carbocycles. The van der Waals surface area contributed by atoms with E-state index in [1.807, 2.05) is 40.7 Å². The summed E-state index contributed by atoms with van der Waals surface area (Å²) in [6.45, 7) is 32.4. The second kappa shape index (κ2) is 63.5. The van der Waals surface area contributed by atoms with E-state index in [4.69, 9.17) is 99.3 Å². The SMILES string of the molecule is CC(=O)c1cc(F)ccc1O.CC(C)(C)S(N)=O.COC(C)(C)OC.Cl.NO.[2H]C([2H])([2H])OS(=O)(=O)c1ccc(C)cc1.[2H]C([2H])([2H])Oc1ccc(F)cc1C(C)=N[S@@](=O)C(C)(C)C.[2H]C([2H])([2H])Oc1ccc(F)cc1C(C)=O.[2H]C([2H])([2H])Oc1ccc(F)cc1[C@@H](C)N.[2H]C([2H])([2H])Oc1ccc(F)cc1[C@@H](C)Nc1ccn2ncc(/C(N)=N/O)c2n1.[2H]C([2H])([2H])Oc1ccc(F)cc1[C@@H](C)Nc1ccn2ncc(C#N)c2n1.[2H]C([2H])([2H])Oc1ccc(F)cc1[C@H](C)N[S@@](=O)C(C)(C)C. The molecule has 12 rings (SSSR count). The fraction of sp³-hybridized carbons (Fsp3) is 0.356. The van der Waals surface area contributed by atoms with Crippen molar-refractivity contribution in [3.05, 3.63) is 285 Å². The summed E-state index contributed by atoms with van der Waals surface area (Å²) in [5.74, 6) is -0.903. The number of fused-ring (bicyclic) bond motifs is 2. The van der Waals surface area contributed by atoms with Crippen LogP contribution in [0.1, 0.15) is 243 Å². The molecular formula is C101H134ClF7N16O19S4. The minimum absolute atomic E-state index is 0. The molecule has 8 aromatic carbocycles. The predicted octanol–water partition coefficient (Wildman–Crippen LogP) is 19.3. The normalized spacial score (nSPS) is 15.2. The third-order valence-corrected chi connectivity index (χ3v) is 24.4. The molecule has 4 aromatic heterocycles. The van der Waals surface area contributed by atoms with Crippen LogP contribution in [0.15, 0.2) is 203 Å². The molecule has 35 nitrogen and oxygen atoms in total. The molecule has 0 bridgehead atoms. The average Bonchev–Trinajstić information content (AvgIpc) is 1.64. The minimum atomic E-state index is -4.20. The number of hydrogen-bond acceptors (Lipinski definition) is 29. The number of ether oxygens (including phenoxy) is 8. The van der Waals surface area contributed by atoms with Crippen molar-refractivity contribution >= 4 is 102 Å². The number of rotatable bonds is 25. The van der Waals surface area contributed by atoms with Crippen molar-refractivity contribution in [1.29, 1.82) is 5.26 Å². The Hall–Kier alpha value is -13.2. The van der Waals surface area contributed by atoms with Crippen molar-refractivity contribution in [3.8, 4) is 46.3 Å². The quantitative estimate of drug-likeness (QED) is 0.00371. The first-order valence-corrected chi connectivity index (χ1v) is 47.6. The van der Waals surface area contributed by atoms with Crippen LogP contribution in [0.5, 0.6) is 40.2 Å². The standard InChI is InChI=1S/C16H17FN6O2.C16H14FN5O.C13H20FNO2S.C13H18FNO2S.C9H12FNO.C9H9FO2.C8H7FO2.C8H10O3S.C5H12O2.C4H11NOS.ClH.H3NO/c1-9(11-7-10(17)3-4-13(11)25-2)20-14-5-6-23-16(21-14)12(8-19-23)15(18)22-24;1-10(13-7-12(17)3-4-14(13)23-2)20-15-5-6-22-16(21-15)11(8-18)9-19-22;2*1-9(15-18(16)13(2,3)4)11-8-10(14)6-7-12(11)17-5;2*1-6(11)8-5-7(10)3-4-9(8)12-2;1-5(10)7-4-6(9)2-3-8(7)11;1-7-3-5-8(6-4-7)12(9,10)11-2;1-5(2,6-3)7-4;1-4(2,3)7(5)6;;1-2/h3-9,24H,1-2H3,(H2,18,22)(H,20,21);3-7,9-10H,1-2H3,(H,20,21);6-9,15H,1-5H3;6-8H,1-5H3;3-6H,11H2,1-2H3;3-5H,1-2H3;2-4,11H,1H3;3-6H,1-2H3;1-4H3;5H2,1-3H3;1H;2H,1H2/t9-;10-;9-,18-;18-;6-;;;;;;;/m11001......./s1/i2*2D3;2*5D3;2*2D3;;2D3;;;;. The van der Waals surface area contributed by atoms with Crippen molar-refractivity contribution in [2.24, 2.45) is 32.1 Å². The van der Waals surface area contributed by atoms with E-state index in [2.05, 4.69) is 59.9 Å². The van der Waals surface area contributed by atoms with Crippen LogP contribution >= 0.6 is 12.4 Å². The van der Waals surface area contributed by atoms with Crippen LogP contribution < -0.4 is 66.3 Å². The van der Waals surface area contributed by atoms with Gasteiger partial charge in [0.05, 0.1) is 166 Å². The number of hydrogen-bond donors (Lipinski definition) is 10. The van der Waals surface area contributed by atoms with Gasteiger partial charge in [0.1, 0.15) is 115 Å². The van der Waals surface area contributed by atoms with E-state index >= 15 is 0 Å². The van der Waals surface area contributed by atoms with Crippen LogP contribution in [-0.2, 0) is 56.7 Å². The second-order valence-electron chi connectivity index (χ2n) is 33.6. The summed E-state index contributed by atoms with van der Waals surface area (Å²) >= 11 is 0. The van der Waals surface area contributed by atoms with Gasteiger partial charge in [-0.15, -0.1) is 12.4 Å². The molecule has 12 aromatic rings. The predicted molar refractivity (Wildman–Crippen MR) is 564 cm³/mol. The molecule has 14 N–H and O–H groups in total. The molecule has 1 unspecified atom stereocenters. The molecule has 148 heavy (non-hydrogen) atoms. The zero-order valence-electron chi connectivity index (χ0n) is 105. The first-order valence-electron chi connectivity index (χ1n) is 53.2. The van der Waals surface area contributed by atoms with Gasteiger partial charge in [-0.05, 0) is 283 Å². The summed E-state index contributed by atoms with van der Waals surface area (Å²) in [6.07, 6.45) is 6.05. The van der Waals surface area contributed by atoms with Crippen LogP contribution in [0.25, 0.3) is 11.3 Å². The fourth-order valence-electron chi connectivity index (χ4n) is 10.7. The number of halogens is 8. The maximum atomic E-state index is 13.7. The summed E-state index contributed by atoms with van der Waals surface area (Å²) in [5.41, 5.74) is 15.1. The van der Waals surface area contributed by atoms with Crippen molar-refractivity contribution in [1.82, 2.24) is 33.9 Å². The zero-order chi connectivity index (χ0) is 130. The molecule has 0 saturated heterocycles. The Morgan fingerprint density at radius 2 is 0.865 bits per heavy atom. The number of nitrogens with one attached hydrogen (secondary N) is 3. The number of ketones is 2. The number of aromatic hydroxyl groups is 1. The Kier molecular flexibility index (Phi) is 42.7. The lowest BCUT2D eigenvalue weighted by molar-refractivity contribution is -0.178. The summed E-state index contributed by atoms with van der Waals surface area (Å²) in [7, 11) is -23.8. The molecule has 0 fully saturated rings. The van der Waals surface area contributed by atoms with Crippen molar-refractivity contribution in [2.45, 2.75) is 181 Å². The zero-order valence-corrected chi connectivity index (χ0v) is 88.2. The van der Waals surface area contributed by atoms with Gasteiger partial charge in [-0.2, -0.15) is 28.3 Å². The Morgan fingerprint density at radius 3 is 1.23 bits per heavy atom. The van der Waals surface area contributed by atoms with Crippen LogP contribution in [0.4, 0.5) is 42.4 Å². The van der Waals surface area contributed by atoms with Gasteiger partial charge >= 0.3 is 0 Å². The van der Waals surface area contributed by atoms with Crippen molar-refractivity contribution in [2.75, 3.05) is 74.1 Å². The van der Waals surface area contributed by atoms with Crippen LogP contribution in [0, 0.1) is 59.0 Å². The molecule has 812 valence electrons. The Balaban J connectivity index is 0.000000958. The summed E-state index contributed by atoms with van der Waals surface area (Å²) in [4.78, 5) is 30.3.